The number of aryl methyl sites for hydroxylation is 1. The third-order valence-electron chi connectivity index (χ3n) is 4.84. The second-order valence-corrected chi connectivity index (χ2v) is 6.90. The highest BCUT2D eigenvalue weighted by molar-refractivity contribution is 5.96. The summed E-state index contributed by atoms with van der Waals surface area (Å²) >= 11 is 0. The fraction of sp³-hybridized carbons (Fsp3) is 0.364. The van der Waals surface area contributed by atoms with Crippen LogP contribution in [0.15, 0.2) is 48.5 Å². The number of amides is 2. The molecule has 1 unspecified atom stereocenters. The smallest absolute Gasteiger partial charge is 0.254 e. The van der Waals surface area contributed by atoms with E-state index in [1.807, 2.05) is 36.1 Å². The van der Waals surface area contributed by atoms with Crippen molar-refractivity contribution in [2.24, 2.45) is 0 Å². The highest BCUT2D eigenvalue weighted by Gasteiger charge is 2.24. The molecule has 1 N–H and O–H groups in total. The molecule has 0 aromatic heterocycles. The first-order valence-electron chi connectivity index (χ1n) is 9.48. The molecule has 0 radical (unpaired) electrons. The number of methoxy groups -OCH3 is 1. The van der Waals surface area contributed by atoms with Crippen molar-refractivity contribution in [2.45, 2.75) is 25.8 Å². The van der Waals surface area contributed by atoms with E-state index >= 15 is 0 Å². The van der Waals surface area contributed by atoms with Gasteiger partial charge in [-0.05, 0) is 55.3 Å². The van der Waals surface area contributed by atoms with Crippen LogP contribution >= 0.6 is 0 Å². The van der Waals surface area contributed by atoms with E-state index in [1.165, 1.54) is 0 Å². The van der Waals surface area contributed by atoms with E-state index in [0.717, 1.165) is 11.3 Å². The molecule has 2 amide bonds. The van der Waals surface area contributed by atoms with Crippen molar-refractivity contribution >= 4 is 17.5 Å². The van der Waals surface area contributed by atoms with E-state index in [-0.39, 0.29) is 17.9 Å². The minimum absolute atomic E-state index is 0.00631. The van der Waals surface area contributed by atoms with Gasteiger partial charge in [-0.1, -0.05) is 12.1 Å². The zero-order valence-corrected chi connectivity index (χ0v) is 16.3. The zero-order chi connectivity index (χ0) is 19.9. The van der Waals surface area contributed by atoms with E-state index < -0.39 is 0 Å². The van der Waals surface area contributed by atoms with Gasteiger partial charge in [-0.2, -0.15) is 0 Å². The lowest BCUT2D eigenvalue weighted by atomic mass is 10.1. The van der Waals surface area contributed by atoms with Crippen molar-refractivity contribution in [1.29, 1.82) is 0 Å². The van der Waals surface area contributed by atoms with Gasteiger partial charge >= 0.3 is 0 Å². The van der Waals surface area contributed by atoms with Crippen LogP contribution in [0.25, 0.3) is 0 Å². The van der Waals surface area contributed by atoms with Gasteiger partial charge in [0.2, 0.25) is 5.91 Å². The van der Waals surface area contributed by atoms with Gasteiger partial charge in [0.15, 0.2) is 0 Å². The number of hydrogen-bond acceptors (Lipinski definition) is 4. The molecule has 1 saturated heterocycles. The lowest BCUT2D eigenvalue weighted by Crippen LogP contribution is -2.47. The molecule has 0 aliphatic carbocycles. The molecule has 1 aliphatic heterocycles. The Morgan fingerprint density at radius 1 is 1.14 bits per heavy atom. The summed E-state index contributed by atoms with van der Waals surface area (Å²) in [6.45, 7) is 3.71. The van der Waals surface area contributed by atoms with Crippen LogP contribution in [0.1, 0.15) is 29.3 Å². The standard InChI is InChI=1S/C22H26N2O4/c1-16-15-28-14-13-24(16)22(26)18-6-8-19(9-7-18)23-21(25)12-5-17-3-10-20(27-2)11-4-17/h3-4,6-11,16H,5,12-15H2,1-2H3,(H,23,25). The van der Waals surface area contributed by atoms with Crippen LogP contribution in [0.2, 0.25) is 0 Å². The minimum Gasteiger partial charge on any atom is -0.497 e. The van der Waals surface area contributed by atoms with Crippen molar-refractivity contribution < 1.29 is 19.1 Å². The molecular formula is C22H26N2O4. The number of carbonyl (C=O) groups is 2. The molecule has 0 bridgehead atoms. The number of anilines is 1. The molecule has 1 heterocycles. The molecule has 148 valence electrons. The average Bonchev–Trinajstić information content (AvgIpc) is 2.73. The summed E-state index contributed by atoms with van der Waals surface area (Å²) in [6, 6.07) is 14.8. The average molecular weight is 382 g/mol. The van der Waals surface area contributed by atoms with Crippen LogP contribution in [0, 0.1) is 0 Å². The van der Waals surface area contributed by atoms with E-state index in [4.69, 9.17) is 9.47 Å². The molecule has 1 atom stereocenters. The quantitative estimate of drug-likeness (QED) is 0.834. The first-order valence-corrected chi connectivity index (χ1v) is 9.48. The van der Waals surface area contributed by atoms with Gasteiger partial charge in [-0.25, -0.2) is 0 Å². The van der Waals surface area contributed by atoms with Gasteiger partial charge in [0.1, 0.15) is 5.75 Å². The van der Waals surface area contributed by atoms with Gasteiger partial charge in [0, 0.05) is 24.2 Å². The summed E-state index contributed by atoms with van der Waals surface area (Å²) in [7, 11) is 1.63. The highest BCUT2D eigenvalue weighted by atomic mass is 16.5. The number of nitrogens with one attached hydrogen (secondary N) is 1. The first kappa shape index (κ1) is 19.9. The molecular weight excluding hydrogens is 356 g/mol. The Hall–Kier alpha value is -2.86. The number of carbonyl (C=O) groups excluding carboxylic acids is 2. The maximum Gasteiger partial charge on any atom is 0.254 e. The van der Waals surface area contributed by atoms with Gasteiger partial charge in [0.05, 0.1) is 26.4 Å². The number of hydrogen-bond donors (Lipinski definition) is 1. The van der Waals surface area contributed by atoms with Gasteiger partial charge in [0.25, 0.3) is 5.91 Å². The number of rotatable bonds is 6. The van der Waals surface area contributed by atoms with Gasteiger partial charge in [-0.3, -0.25) is 9.59 Å². The van der Waals surface area contributed by atoms with Crippen LogP contribution in [-0.2, 0) is 16.0 Å². The molecule has 2 aromatic rings. The molecule has 1 fully saturated rings. The second kappa shape index (κ2) is 9.37. The van der Waals surface area contributed by atoms with Crippen molar-refractivity contribution in [3.63, 3.8) is 0 Å². The summed E-state index contributed by atoms with van der Waals surface area (Å²) in [6.07, 6.45) is 1.04. The highest BCUT2D eigenvalue weighted by Crippen LogP contribution is 2.16. The maximum absolute atomic E-state index is 12.6. The number of ether oxygens (including phenoxy) is 2. The molecule has 0 saturated carbocycles. The lowest BCUT2D eigenvalue weighted by molar-refractivity contribution is -0.116. The van der Waals surface area contributed by atoms with Crippen LogP contribution in [0.3, 0.4) is 0 Å². The Kier molecular flexibility index (Phi) is 6.66. The van der Waals surface area contributed by atoms with Crippen molar-refractivity contribution in [3.8, 4) is 5.75 Å². The SMILES string of the molecule is COc1ccc(CCC(=O)Nc2ccc(C(=O)N3CCOCC3C)cc2)cc1. The Labute approximate surface area is 165 Å². The normalized spacial score (nSPS) is 16.5. The summed E-state index contributed by atoms with van der Waals surface area (Å²) in [5.41, 5.74) is 2.38. The summed E-state index contributed by atoms with van der Waals surface area (Å²) in [5.74, 6) is 0.735. The third kappa shape index (κ3) is 5.10. The predicted octanol–water partition coefficient (Wildman–Crippen LogP) is 3.13. The molecule has 0 spiro atoms. The number of morpholine rings is 1. The topological polar surface area (TPSA) is 67.9 Å². The fourth-order valence-electron chi connectivity index (χ4n) is 3.16. The van der Waals surface area contributed by atoms with Crippen molar-refractivity contribution in [3.05, 3.63) is 59.7 Å². The van der Waals surface area contributed by atoms with E-state index in [2.05, 4.69) is 5.32 Å². The zero-order valence-electron chi connectivity index (χ0n) is 16.3. The van der Waals surface area contributed by atoms with Crippen molar-refractivity contribution in [2.75, 3.05) is 32.2 Å². The fourth-order valence-corrected chi connectivity index (χ4v) is 3.16. The molecule has 6 heteroatoms. The first-order chi connectivity index (χ1) is 13.6. The molecule has 28 heavy (non-hydrogen) atoms. The van der Waals surface area contributed by atoms with Crippen LogP contribution in [0.5, 0.6) is 5.75 Å². The largest absolute Gasteiger partial charge is 0.497 e. The van der Waals surface area contributed by atoms with Gasteiger partial charge in [-0.15, -0.1) is 0 Å². The van der Waals surface area contributed by atoms with E-state index in [9.17, 15) is 9.59 Å². The van der Waals surface area contributed by atoms with Crippen LogP contribution in [0.4, 0.5) is 5.69 Å². The summed E-state index contributed by atoms with van der Waals surface area (Å²) in [5, 5.41) is 2.88. The lowest BCUT2D eigenvalue weighted by Gasteiger charge is -2.33. The van der Waals surface area contributed by atoms with Crippen LogP contribution in [-0.4, -0.2) is 49.6 Å². The minimum atomic E-state index is -0.0586. The Bertz CT molecular complexity index is 802. The maximum atomic E-state index is 12.6. The van der Waals surface area contributed by atoms with Crippen LogP contribution < -0.4 is 10.1 Å². The summed E-state index contributed by atoms with van der Waals surface area (Å²) in [4.78, 5) is 26.6. The molecule has 2 aromatic carbocycles. The molecule has 6 nitrogen and oxygen atoms in total. The molecule has 1 aliphatic rings. The van der Waals surface area contributed by atoms with Gasteiger partial charge < -0.3 is 19.7 Å². The third-order valence-corrected chi connectivity index (χ3v) is 4.84. The summed E-state index contributed by atoms with van der Waals surface area (Å²) < 4.78 is 10.5. The predicted molar refractivity (Wildman–Crippen MR) is 108 cm³/mol. The second-order valence-electron chi connectivity index (χ2n) is 6.90. The number of benzene rings is 2. The Morgan fingerprint density at radius 3 is 2.50 bits per heavy atom. The van der Waals surface area contributed by atoms with E-state index in [0.29, 0.717) is 43.9 Å². The Morgan fingerprint density at radius 2 is 1.86 bits per heavy atom. The number of nitrogens with zero attached hydrogens (tertiary/aromatic N) is 1. The van der Waals surface area contributed by atoms with Crippen molar-refractivity contribution in [1.82, 2.24) is 4.90 Å². The Balaban J connectivity index is 1.51. The van der Waals surface area contributed by atoms with E-state index in [1.54, 1.807) is 31.4 Å². The monoisotopic (exact) mass is 382 g/mol. The molecule has 3 rings (SSSR count).